The van der Waals surface area contributed by atoms with E-state index in [-0.39, 0.29) is 18.0 Å². The molecule has 0 radical (unpaired) electrons. The average Bonchev–Trinajstić information content (AvgIpc) is 3.40. The maximum Gasteiger partial charge on any atom is 0.401 e. The van der Waals surface area contributed by atoms with E-state index in [1.807, 2.05) is 12.1 Å². The van der Waals surface area contributed by atoms with Gasteiger partial charge in [-0.15, -0.1) is 0 Å². The van der Waals surface area contributed by atoms with E-state index in [0.717, 1.165) is 18.4 Å². The molecule has 0 atom stereocenters. The molecule has 0 unspecified atom stereocenters. The number of carbonyl (C=O) groups is 1. The zero-order valence-corrected chi connectivity index (χ0v) is 16.0. The second-order valence-corrected chi connectivity index (χ2v) is 7.91. The quantitative estimate of drug-likeness (QED) is 0.771. The van der Waals surface area contributed by atoms with Crippen LogP contribution in [0.1, 0.15) is 60.5 Å². The topological polar surface area (TPSA) is 71.8 Å². The van der Waals surface area contributed by atoms with Crippen molar-refractivity contribution in [2.75, 3.05) is 6.54 Å². The van der Waals surface area contributed by atoms with Crippen molar-refractivity contribution in [1.82, 2.24) is 25.2 Å². The summed E-state index contributed by atoms with van der Waals surface area (Å²) >= 11 is 0. The van der Waals surface area contributed by atoms with E-state index in [4.69, 9.17) is 0 Å². The fraction of sp³-hybridized carbons (Fsp3) is 0.550. The van der Waals surface area contributed by atoms with Gasteiger partial charge in [0, 0.05) is 24.5 Å². The lowest BCUT2D eigenvalue weighted by Crippen LogP contribution is -2.44. The van der Waals surface area contributed by atoms with E-state index in [0.29, 0.717) is 43.1 Å². The molecule has 29 heavy (non-hydrogen) atoms. The lowest BCUT2D eigenvalue weighted by atomic mass is 9.91. The van der Waals surface area contributed by atoms with Crippen molar-refractivity contribution in [2.24, 2.45) is 0 Å². The Kier molecular flexibility index (Phi) is 5.58. The smallest absolute Gasteiger partial charge is 0.348 e. The molecule has 2 N–H and O–H groups in total. The first kappa shape index (κ1) is 19.9. The van der Waals surface area contributed by atoms with Crippen molar-refractivity contribution >= 4 is 5.91 Å². The van der Waals surface area contributed by atoms with Crippen molar-refractivity contribution in [3.05, 3.63) is 42.1 Å². The van der Waals surface area contributed by atoms with Gasteiger partial charge in [-0.05, 0) is 62.1 Å². The molecule has 2 saturated carbocycles. The third kappa shape index (κ3) is 5.35. The minimum atomic E-state index is -4.20. The largest absolute Gasteiger partial charge is 0.401 e. The SMILES string of the molecule is O=C(NC1CCC(NCC(F)(F)F)CC1)c1cc(C2CC2)cc(-n2ccnc2)n1. The summed E-state index contributed by atoms with van der Waals surface area (Å²) in [6.07, 6.45) is 5.65. The lowest BCUT2D eigenvalue weighted by molar-refractivity contribution is -0.126. The van der Waals surface area contributed by atoms with Crippen LogP contribution in [0.5, 0.6) is 0 Å². The average molecular weight is 407 g/mol. The molecule has 0 aromatic carbocycles. The molecule has 0 aliphatic heterocycles. The first-order chi connectivity index (χ1) is 13.9. The molecule has 6 nitrogen and oxygen atoms in total. The van der Waals surface area contributed by atoms with Gasteiger partial charge in [-0.1, -0.05) is 0 Å². The number of rotatable bonds is 6. The third-order valence-electron chi connectivity index (χ3n) is 5.54. The highest BCUT2D eigenvalue weighted by Crippen LogP contribution is 2.40. The van der Waals surface area contributed by atoms with Crippen LogP contribution in [0.2, 0.25) is 0 Å². The minimum Gasteiger partial charge on any atom is -0.348 e. The number of imidazole rings is 1. The third-order valence-corrected chi connectivity index (χ3v) is 5.54. The second-order valence-electron chi connectivity index (χ2n) is 7.91. The Morgan fingerprint density at radius 3 is 2.45 bits per heavy atom. The molecule has 0 saturated heterocycles. The number of nitrogens with one attached hydrogen (secondary N) is 2. The molecule has 2 aromatic rings. The molecule has 156 valence electrons. The van der Waals surface area contributed by atoms with Crippen LogP contribution in [-0.2, 0) is 0 Å². The number of amides is 1. The Morgan fingerprint density at radius 1 is 1.10 bits per heavy atom. The Labute approximate surface area is 166 Å². The molecule has 9 heteroatoms. The fourth-order valence-corrected chi connectivity index (χ4v) is 3.79. The summed E-state index contributed by atoms with van der Waals surface area (Å²) in [7, 11) is 0. The van der Waals surface area contributed by atoms with Gasteiger partial charge in [-0.3, -0.25) is 9.36 Å². The van der Waals surface area contributed by atoms with Gasteiger partial charge < -0.3 is 10.6 Å². The summed E-state index contributed by atoms with van der Waals surface area (Å²) in [6.45, 7) is -0.969. The Hall–Kier alpha value is -2.42. The number of hydrogen-bond donors (Lipinski definition) is 2. The van der Waals surface area contributed by atoms with Crippen LogP contribution in [0.15, 0.2) is 30.9 Å². The number of aromatic nitrogens is 3. The van der Waals surface area contributed by atoms with Crippen molar-refractivity contribution < 1.29 is 18.0 Å². The summed E-state index contributed by atoms with van der Waals surface area (Å²) in [5, 5.41) is 5.57. The lowest BCUT2D eigenvalue weighted by Gasteiger charge is -2.30. The van der Waals surface area contributed by atoms with Crippen LogP contribution in [0, 0.1) is 0 Å². The van der Waals surface area contributed by atoms with E-state index in [9.17, 15) is 18.0 Å². The molecule has 2 fully saturated rings. The monoisotopic (exact) mass is 407 g/mol. The number of carbonyl (C=O) groups excluding carboxylic acids is 1. The predicted molar refractivity (Wildman–Crippen MR) is 101 cm³/mol. The molecule has 2 aromatic heterocycles. The maximum atomic E-state index is 12.8. The predicted octanol–water partition coefficient (Wildman–Crippen LogP) is 3.34. The van der Waals surface area contributed by atoms with Crippen LogP contribution in [-0.4, -0.2) is 45.2 Å². The van der Waals surface area contributed by atoms with E-state index >= 15 is 0 Å². The highest BCUT2D eigenvalue weighted by atomic mass is 19.4. The molecular weight excluding hydrogens is 383 g/mol. The number of pyridine rings is 1. The summed E-state index contributed by atoms with van der Waals surface area (Å²) in [5.74, 6) is 0.902. The van der Waals surface area contributed by atoms with Crippen LogP contribution >= 0.6 is 0 Å². The molecule has 0 spiro atoms. The molecule has 4 rings (SSSR count). The molecule has 2 aliphatic rings. The number of nitrogens with zero attached hydrogens (tertiary/aromatic N) is 3. The molecule has 2 aliphatic carbocycles. The van der Waals surface area contributed by atoms with Crippen molar-refractivity contribution in [2.45, 2.75) is 62.7 Å². The van der Waals surface area contributed by atoms with Gasteiger partial charge in [0.2, 0.25) is 0 Å². The second kappa shape index (κ2) is 8.14. The maximum absolute atomic E-state index is 12.8. The normalized spacial score (nSPS) is 22.4. The van der Waals surface area contributed by atoms with E-state index < -0.39 is 12.7 Å². The molecule has 0 bridgehead atoms. The van der Waals surface area contributed by atoms with Gasteiger partial charge in [0.25, 0.3) is 5.91 Å². The Morgan fingerprint density at radius 2 is 1.83 bits per heavy atom. The highest BCUT2D eigenvalue weighted by molar-refractivity contribution is 5.93. The first-order valence-corrected chi connectivity index (χ1v) is 9.99. The van der Waals surface area contributed by atoms with Gasteiger partial charge in [0.15, 0.2) is 0 Å². The summed E-state index contributed by atoms with van der Waals surface area (Å²) in [4.78, 5) is 21.3. The van der Waals surface area contributed by atoms with Crippen LogP contribution in [0.25, 0.3) is 5.82 Å². The van der Waals surface area contributed by atoms with Crippen LogP contribution in [0.4, 0.5) is 13.2 Å². The summed E-state index contributed by atoms with van der Waals surface area (Å²) < 4.78 is 38.8. The van der Waals surface area contributed by atoms with E-state index in [2.05, 4.69) is 20.6 Å². The van der Waals surface area contributed by atoms with Gasteiger partial charge in [0.1, 0.15) is 17.8 Å². The summed E-state index contributed by atoms with van der Waals surface area (Å²) in [6, 6.07) is 3.64. The molecular formula is C20H24F3N5O. The molecule has 1 amide bonds. The van der Waals surface area contributed by atoms with Gasteiger partial charge in [-0.2, -0.15) is 13.2 Å². The van der Waals surface area contributed by atoms with Gasteiger partial charge >= 0.3 is 6.18 Å². The standard InChI is InChI=1S/C20H24F3N5O/c21-20(22,23)11-25-15-3-5-16(6-4-15)26-19(29)17-9-14(13-1-2-13)10-18(27-17)28-8-7-24-12-28/h7-10,12-13,15-16,25H,1-6,11H2,(H,26,29). The number of alkyl halides is 3. The first-order valence-electron chi connectivity index (χ1n) is 9.99. The zero-order chi connectivity index (χ0) is 20.4. The number of halogens is 3. The summed E-state index contributed by atoms with van der Waals surface area (Å²) in [5.41, 5.74) is 1.48. The number of hydrogen-bond acceptors (Lipinski definition) is 4. The Balaban J connectivity index is 1.38. The zero-order valence-electron chi connectivity index (χ0n) is 16.0. The van der Waals surface area contributed by atoms with E-state index in [1.54, 1.807) is 23.3 Å². The van der Waals surface area contributed by atoms with Crippen molar-refractivity contribution in [3.63, 3.8) is 0 Å². The Bertz CT molecular complexity index is 840. The van der Waals surface area contributed by atoms with Crippen LogP contribution < -0.4 is 10.6 Å². The van der Waals surface area contributed by atoms with Crippen molar-refractivity contribution in [1.29, 1.82) is 0 Å². The minimum absolute atomic E-state index is 0.0467. The fourth-order valence-electron chi connectivity index (χ4n) is 3.79. The van der Waals surface area contributed by atoms with Gasteiger partial charge in [0.05, 0.1) is 6.54 Å². The van der Waals surface area contributed by atoms with E-state index in [1.165, 1.54) is 0 Å². The van der Waals surface area contributed by atoms with Gasteiger partial charge in [-0.25, -0.2) is 9.97 Å². The van der Waals surface area contributed by atoms with Crippen molar-refractivity contribution in [3.8, 4) is 5.82 Å². The van der Waals surface area contributed by atoms with Crippen LogP contribution in [0.3, 0.4) is 0 Å². The highest BCUT2D eigenvalue weighted by Gasteiger charge is 2.30. The molecule has 2 heterocycles.